The van der Waals surface area contributed by atoms with Crippen LogP contribution in [0.5, 0.6) is 0 Å². The maximum Gasteiger partial charge on any atom is 0.258 e. The Kier molecular flexibility index (Phi) is 4.22. The zero-order valence-electron chi connectivity index (χ0n) is 14.6. The van der Waals surface area contributed by atoms with Gasteiger partial charge in [-0.25, -0.2) is 0 Å². The van der Waals surface area contributed by atoms with Crippen LogP contribution in [0.1, 0.15) is 34.3 Å². The molecular weight excluding hydrogens is 312 g/mol. The molecule has 0 aliphatic carbocycles. The van der Waals surface area contributed by atoms with Crippen molar-refractivity contribution < 1.29 is 9.90 Å². The number of aliphatic hydroxyl groups excluding tert-OH is 1. The Morgan fingerprint density at radius 2 is 1.76 bits per heavy atom. The molecule has 2 aromatic carbocycles. The van der Waals surface area contributed by atoms with Crippen LogP contribution >= 0.6 is 0 Å². The molecule has 0 radical (unpaired) electrons. The van der Waals surface area contributed by atoms with Gasteiger partial charge >= 0.3 is 0 Å². The van der Waals surface area contributed by atoms with Gasteiger partial charge in [0.05, 0.1) is 6.10 Å². The first-order valence-electron chi connectivity index (χ1n) is 9.06. The minimum Gasteiger partial charge on any atom is -0.393 e. The van der Waals surface area contributed by atoms with Gasteiger partial charge in [-0.3, -0.25) is 4.79 Å². The van der Waals surface area contributed by atoms with Crippen molar-refractivity contribution in [2.75, 3.05) is 29.4 Å². The highest BCUT2D eigenvalue weighted by molar-refractivity contribution is 6.07. The van der Waals surface area contributed by atoms with Gasteiger partial charge < -0.3 is 14.9 Å². The molecule has 0 unspecified atom stereocenters. The summed E-state index contributed by atoms with van der Waals surface area (Å²) in [6.07, 6.45) is 2.38. The zero-order chi connectivity index (χ0) is 17.4. The molecule has 2 heterocycles. The average molecular weight is 336 g/mol. The third kappa shape index (κ3) is 3.14. The Hall–Kier alpha value is -2.33. The van der Waals surface area contributed by atoms with Gasteiger partial charge in [-0.05, 0) is 67.6 Å². The lowest BCUT2D eigenvalue weighted by molar-refractivity contribution is 0.0989. The summed E-state index contributed by atoms with van der Waals surface area (Å²) in [5, 5.41) is 9.63. The number of aliphatic hydroxyl groups is 1. The highest BCUT2D eigenvalue weighted by Crippen LogP contribution is 2.30. The molecule has 1 fully saturated rings. The van der Waals surface area contributed by atoms with E-state index in [1.165, 1.54) is 11.1 Å². The van der Waals surface area contributed by atoms with Gasteiger partial charge in [0.15, 0.2) is 0 Å². The standard InChI is InChI=1S/C21H24N2O2/c1-15-2-3-16-8-13-23(20(16)14-15)21(25)17-4-6-18(7-5-17)22-11-9-19(24)10-12-22/h2-7,14,19,24H,8-13H2,1H3. The molecule has 1 amide bonds. The van der Waals surface area contributed by atoms with Crippen molar-refractivity contribution in [2.45, 2.75) is 32.3 Å². The third-order valence-corrected chi connectivity index (χ3v) is 5.33. The van der Waals surface area contributed by atoms with Gasteiger partial charge in [0, 0.05) is 36.6 Å². The molecule has 0 saturated carbocycles. The van der Waals surface area contributed by atoms with Crippen molar-refractivity contribution in [3.05, 3.63) is 59.2 Å². The lowest BCUT2D eigenvalue weighted by Crippen LogP contribution is -2.35. The van der Waals surface area contributed by atoms with E-state index >= 15 is 0 Å². The van der Waals surface area contributed by atoms with Gasteiger partial charge in [0.2, 0.25) is 0 Å². The number of aryl methyl sites for hydroxylation is 1. The van der Waals surface area contributed by atoms with Crippen LogP contribution in [0, 0.1) is 6.92 Å². The molecule has 4 rings (SSSR count). The number of carbonyl (C=O) groups excluding carboxylic acids is 1. The molecule has 1 saturated heterocycles. The summed E-state index contributed by atoms with van der Waals surface area (Å²) in [5.41, 5.74) is 5.35. The Balaban J connectivity index is 1.51. The van der Waals surface area contributed by atoms with Crippen molar-refractivity contribution in [1.29, 1.82) is 0 Å². The molecule has 4 nitrogen and oxygen atoms in total. The highest BCUT2D eigenvalue weighted by atomic mass is 16.3. The van der Waals surface area contributed by atoms with Crippen LogP contribution < -0.4 is 9.80 Å². The van der Waals surface area contributed by atoms with Crippen molar-refractivity contribution >= 4 is 17.3 Å². The van der Waals surface area contributed by atoms with Gasteiger partial charge in [0.1, 0.15) is 0 Å². The lowest BCUT2D eigenvalue weighted by atomic mass is 10.1. The molecule has 0 spiro atoms. The number of hydrogen-bond acceptors (Lipinski definition) is 3. The van der Waals surface area contributed by atoms with Crippen LogP contribution in [-0.4, -0.2) is 36.8 Å². The summed E-state index contributed by atoms with van der Waals surface area (Å²) in [6, 6.07) is 14.2. The quantitative estimate of drug-likeness (QED) is 0.916. The minimum absolute atomic E-state index is 0.0740. The Morgan fingerprint density at radius 1 is 1.04 bits per heavy atom. The van der Waals surface area contributed by atoms with Gasteiger partial charge in [0.25, 0.3) is 5.91 Å². The maximum atomic E-state index is 12.9. The Bertz CT molecular complexity index is 777. The fourth-order valence-corrected chi connectivity index (χ4v) is 3.79. The number of anilines is 2. The zero-order valence-corrected chi connectivity index (χ0v) is 14.6. The number of fused-ring (bicyclic) bond motifs is 1. The van der Waals surface area contributed by atoms with E-state index in [0.717, 1.165) is 55.8 Å². The first-order valence-corrected chi connectivity index (χ1v) is 9.06. The van der Waals surface area contributed by atoms with Crippen LogP contribution in [0.2, 0.25) is 0 Å². The van der Waals surface area contributed by atoms with Crippen LogP contribution in [0.25, 0.3) is 0 Å². The lowest BCUT2D eigenvalue weighted by Gasteiger charge is -2.31. The molecule has 1 N–H and O–H groups in total. The fraction of sp³-hybridized carbons (Fsp3) is 0.381. The molecule has 25 heavy (non-hydrogen) atoms. The second-order valence-corrected chi connectivity index (χ2v) is 7.10. The molecule has 4 heteroatoms. The van der Waals surface area contributed by atoms with Crippen LogP contribution in [0.15, 0.2) is 42.5 Å². The Morgan fingerprint density at radius 3 is 2.48 bits per heavy atom. The topological polar surface area (TPSA) is 43.8 Å². The van der Waals surface area contributed by atoms with E-state index < -0.39 is 0 Å². The molecule has 2 aromatic rings. The van der Waals surface area contributed by atoms with E-state index in [0.29, 0.717) is 0 Å². The molecule has 0 bridgehead atoms. The summed E-state index contributed by atoms with van der Waals surface area (Å²) in [5.74, 6) is 0.0740. The SMILES string of the molecule is Cc1ccc2c(c1)N(C(=O)c1ccc(N3CCC(O)CC3)cc1)CC2. The van der Waals surface area contributed by atoms with Gasteiger partial charge in [-0.1, -0.05) is 12.1 Å². The van der Waals surface area contributed by atoms with Gasteiger partial charge in [-0.2, -0.15) is 0 Å². The number of hydrogen-bond donors (Lipinski definition) is 1. The second kappa shape index (κ2) is 6.52. The number of nitrogens with zero attached hydrogens (tertiary/aromatic N) is 2. The summed E-state index contributed by atoms with van der Waals surface area (Å²) in [6.45, 7) is 4.55. The van der Waals surface area contributed by atoms with Crippen molar-refractivity contribution in [1.82, 2.24) is 0 Å². The average Bonchev–Trinajstić information content (AvgIpc) is 3.05. The number of rotatable bonds is 2. The number of benzene rings is 2. The van der Waals surface area contributed by atoms with Crippen molar-refractivity contribution in [2.24, 2.45) is 0 Å². The molecular formula is C21H24N2O2. The maximum absolute atomic E-state index is 12.9. The van der Waals surface area contributed by atoms with Crippen LogP contribution in [-0.2, 0) is 6.42 Å². The van der Waals surface area contributed by atoms with E-state index in [9.17, 15) is 9.90 Å². The smallest absolute Gasteiger partial charge is 0.258 e. The van der Waals surface area contributed by atoms with E-state index in [-0.39, 0.29) is 12.0 Å². The monoisotopic (exact) mass is 336 g/mol. The predicted octanol–water partition coefficient (Wildman–Crippen LogP) is 3.16. The Labute approximate surface area is 148 Å². The van der Waals surface area contributed by atoms with Crippen LogP contribution in [0.4, 0.5) is 11.4 Å². The first kappa shape index (κ1) is 16.2. The number of amides is 1. The molecule has 2 aliphatic heterocycles. The second-order valence-electron chi connectivity index (χ2n) is 7.10. The summed E-state index contributed by atoms with van der Waals surface area (Å²) in [4.78, 5) is 17.1. The molecule has 0 atom stereocenters. The molecule has 0 aromatic heterocycles. The summed E-state index contributed by atoms with van der Waals surface area (Å²) >= 11 is 0. The predicted molar refractivity (Wildman–Crippen MR) is 100 cm³/mol. The third-order valence-electron chi connectivity index (χ3n) is 5.33. The largest absolute Gasteiger partial charge is 0.393 e. The van der Waals surface area contributed by atoms with E-state index in [2.05, 4.69) is 30.0 Å². The summed E-state index contributed by atoms with van der Waals surface area (Å²) in [7, 11) is 0. The molecule has 130 valence electrons. The first-order chi connectivity index (χ1) is 12.1. The van der Waals surface area contributed by atoms with Gasteiger partial charge in [-0.15, -0.1) is 0 Å². The minimum atomic E-state index is -0.171. The normalized spacial score (nSPS) is 17.7. The molecule has 2 aliphatic rings. The van der Waals surface area contributed by atoms with Crippen molar-refractivity contribution in [3.8, 4) is 0 Å². The summed E-state index contributed by atoms with van der Waals surface area (Å²) < 4.78 is 0. The van der Waals surface area contributed by atoms with E-state index in [1.54, 1.807) is 0 Å². The fourth-order valence-electron chi connectivity index (χ4n) is 3.79. The number of carbonyl (C=O) groups is 1. The van der Waals surface area contributed by atoms with E-state index in [4.69, 9.17) is 0 Å². The number of piperidine rings is 1. The van der Waals surface area contributed by atoms with Crippen LogP contribution in [0.3, 0.4) is 0 Å². The van der Waals surface area contributed by atoms with E-state index in [1.807, 2.05) is 29.2 Å². The van der Waals surface area contributed by atoms with Crippen molar-refractivity contribution in [3.63, 3.8) is 0 Å². The highest BCUT2D eigenvalue weighted by Gasteiger charge is 2.25.